The number of carbonyl (C=O) groups excluding carboxylic acids is 1. The number of nitrogens with zero attached hydrogens (tertiary/aromatic N) is 1. The van der Waals surface area contributed by atoms with E-state index in [-0.39, 0.29) is 19.1 Å². The van der Waals surface area contributed by atoms with Gasteiger partial charge in [0, 0.05) is 25.3 Å². The minimum atomic E-state index is -4.37. The molecule has 0 saturated heterocycles. The zero-order valence-electron chi connectivity index (χ0n) is 13.9. The van der Waals surface area contributed by atoms with Crippen LogP contribution in [0.15, 0.2) is 48.5 Å². The van der Waals surface area contributed by atoms with Crippen molar-refractivity contribution in [3.63, 3.8) is 0 Å². The van der Waals surface area contributed by atoms with Gasteiger partial charge in [0.15, 0.2) is 0 Å². The third-order valence-electron chi connectivity index (χ3n) is 3.46. The van der Waals surface area contributed by atoms with Crippen LogP contribution in [0.2, 0.25) is 0 Å². The van der Waals surface area contributed by atoms with Gasteiger partial charge in [-0.3, -0.25) is 4.79 Å². The zero-order chi connectivity index (χ0) is 18.4. The second kappa shape index (κ2) is 7.92. The molecule has 2 aromatic carbocycles. The predicted octanol–water partition coefficient (Wildman–Crippen LogP) is 3.58. The lowest BCUT2D eigenvalue weighted by molar-refractivity contribution is -0.137. The second-order valence-corrected chi connectivity index (χ2v) is 5.57. The quantitative estimate of drug-likeness (QED) is 0.808. The Balaban J connectivity index is 1.81. The smallest absolute Gasteiger partial charge is 0.416 e. The van der Waals surface area contributed by atoms with Crippen molar-refractivity contribution < 1.29 is 22.7 Å². The van der Waals surface area contributed by atoms with Crippen molar-refractivity contribution in [2.75, 3.05) is 32.1 Å². The minimum absolute atomic E-state index is 0.157. The summed E-state index contributed by atoms with van der Waals surface area (Å²) in [6, 6.07) is 11.6. The summed E-state index contributed by atoms with van der Waals surface area (Å²) in [5, 5.41) is 2.71. The maximum absolute atomic E-state index is 12.5. The summed E-state index contributed by atoms with van der Waals surface area (Å²) in [6.07, 6.45) is -4.37. The number of amides is 1. The predicted molar refractivity (Wildman–Crippen MR) is 90.0 cm³/mol. The van der Waals surface area contributed by atoms with Crippen LogP contribution >= 0.6 is 0 Å². The molecule has 7 heteroatoms. The standard InChI is InChI=1S/C18H19F3N2O2/c1-23(2)15-5-3-4-13(12-15)17(24)22-10-11-25-16-8-6-14(7-9-16)18(19,20)21/h3-9,12H,10-11H2,1-2H3,(H,22,24). The largest absolute Gasteiger partial charge is 0.492 e. The highest BCUT2D eigenvalue weighted by Crippen LogP contribution is 2.30. The lowest BCUT2D eigenvalue weighted by Gasteiger charge is -2.13. The molecule has 0 spiro atoms. The lowest BCUT2D eigenvalue weighted by Crippen LogP contribution is -2.28. The molecular formula is C18H19F3N2O2. The highest BCUT2D eigenvalue weighted by atomic mass is 19.4. The van der Waals surface area contributed by atoms with Crippen LogP contribution in [0.1, 0.15) is 15.9 Å². The molecule has 0 heterocycles. The Morgan fingerprint density at radius 2 is 1.80 bits per heavy atom. The van der Waals surface area contributed by atoms with Crippen LogP contribution in [0.3, 0.4) is 0 Å². The number of ether oxygens (including phenoxy) is 1. The van der Waals surface area contributed by atoms with Gasteiger partial charge in [0.1, 0.15) is 12.4 Å². The molecule has 1 N–H and O–H groups in total. The highest BCUT2D eigenvalue weighted by Gasteiger charge is 2.29. The molecule has 2 aromatic rings. The Bertz CT molecular complexity index is 713. The normalized spacial score (nSPS) is 11.1. The van der Waals surface area contributed by atoms with E-state index in [9.17, 15) is 18.0 Å². The van der Waals surface area contributed by atoms with Crippen LogP contribution < -0.4 is 15.0 Å². The summed E-state index contributed by atoms with van der Waals surface area (Å²) in [5.74, 6) is 0.0802. The number of rotatable bonds is 6. The molecule has 0 unspecified atom stereocenters. The van der Waals surface area contributed by atoms with Gasteiger partial charge in [-0.05, 0) is 42.5 Å². The van der Waals surface area contributed by atoms with Crippen molar-refractivity contribution in [3.8, 4) is 5.75 Å². The fourth-order valence-corrected chi connectivity index (χ4v) is 2.10. The summed E-state index contributed by atoms with van der Waals surface area (Å²) in [7, 11) is 3.77. The first-order valence-corrected chi connectivity index (χ1v) is 7.63. The second-order valence-electron chi connectivity index (χ2n) is 5.57. The van der Waals surface area contributed by atoms with E-state index in [0.29, 0.717) is 11.3 Å². The van der Waals surface area contributed by atoms with Gasteiger partial charge >= 0.3 is 6.18 Å². The van der Waals surface area contributed by atoms with Crippen LogP contribution in [0.5, 0.6) is 5.75 Å². The summed E-state index contributed by atoms with van der Waals surface area (Å²) >= 11 is 0. The SMILES string of the molecule is CN(C)c1cccc(C(=O)NCCOc2ccc(C(F)(F)F)cc2)c1. The Morgan fingerprint density at radius 3 is 2.40 bits per heavy atom. The molecule has 0 bridgehead atoms. The topological polar surface area (TPSA) is 41.6 Å². The number of alkyl halides is 3. The molecule has 4 nitrogen and oxygen atoms in total. The molecule has 0 aromatic heterocycles. The maximum Gasteiger partial charge on any atom is 0.416 e. The number of benzene rings is 2. The first-order chi connectivity index (χ1) is 11.8. The third-order valence-corrected chi connectivity index (χ3v) is 3.46. The fraction of sp³-hybridized carbons (Fsp3) is 0.278. The van der Waals surface area contributed by atoms with E-state index in [0.717, 1.165) is 17.8 Å². The van der Waals surface area contributed by atoms with Crippen LogP contribution in [0, 0.1) is 0 Å². The molecule has 0 fully saturated rings. The molecule has 0 aliphatic heterocycles. The van der Waals surface area contributed by atoms with E-state index >= 15 is 0 Å². The van der Waals surface area contributed by atoms with Crippen molar-refractivity contribution >= 4 is 11.6 Å². The monoisotopic (exact) mass is 352 g/mol. The molecule has 2 rings (SSSR count). The molecule has 25 heavy (non-hydrogen) atoms. The van der Waals surface area contributed by atoms with E-state index < -0.39 is 11.7 Å². The number of halogens is 3. The minimum Gasteiger partial charge on any atom is -0.492 e. The summed E-state index contributed by atoms with van der Waals surface area (Å²) < 4.78 is 42.7. The van der Waals surface area contributed by atoms with Crippen molar-refractivity contribution in [2.24, 2.45) is 0 Å². The van der Waals surface area contributed by atoms with E-state index in [4.69, 9.17) is 4.74 Å². The Morgan fingerprint density at radius 1 is 1.12 bits per heavy atom. The van der Waals surface area contributed by atoms with Gasteiger partial charge in [0.2, 0.25) is 0 Å². The van der Waals surface area contributed by atoms with Gasteiger partial charge in [-0.15, -0.1) is 0 Å². The first kappa shape index (κ1) is 18.6. The number of anilines is 1. The van der Waals surface area contributed by atoms with Gasteiger partial charge in [0.25, 0.3) is 5.91 Å². The average Bonchev–Trinajstić information content (AvgIpc) is 2.58. The zero-order valence-corrected chi connectivity index (χ0v) is 13.9. The van der Waals surface area contributed by atoms with Crippen molar-refractivity contribution in [1.82, 2.24) is 5.32 Å². The van der Waals surface area contributed by atoms with Gasteiger partial charge in [0.05, 0.1) is 12.1 Å². The number of carbonyl (C=O) groups is 1. The van der Waals surface area contributed by atoms with Gasteiger partial charge < -0.3 is 15.0 Å². The highest BCUT2D eigenvalue weighted by molar-refractivity contribution is 5.95. The molecule has 0 radical (unpaired) electrons. The number of hydrogen-bond donors (Lipinski definition) is 1. The van der Waals surface area contributed by atoms with E-state index in [1.165, 1.54) is 12.1 Å². The average molecular weight is 352 g/mol. The van der Waals surface area contributed by atoms with Crippen LogP contribution in [-0.2, 0) is 6.18 Å². The van der Waals surface area contributed by atoms with Gasteiger partial charge in [-0.25, -0.2) is 0 Å². The summed E-state index contributed by atoms with van der Waals surface area (Å²) in [4.78, 5) is 14.0. The number of hydrogen-bond acceptors (Lipinski definition) is 3. The van der Waals surface area contributed by atoms with Crippen molar-refractivity contribution in [2.45, 2.75) is 6.18 Å². The summed E-state index contributed by atoms with van der Waals surface area (Å²) in [5.41, 5.74) is 0.711. The Labute approximate surface area is 144 Å². The third kappa shape index (κ3) is 5.41. The van der Waals surface area contributed by atoms with Gasteiger partial charge in [-0.2, -0.15) is 13.2 Å². The van der Waals surface area contributed by atoms with Crippen LogP contribution in [0.4, 0.5) is 18.9 Å². The van der Waals surface area contributed by atoms with Crippen LogP contribution in [0.25, 0.3) is 0 Å². The van der Waals surface area contributed by atoms with Gasteiger partial charge in [-0.1, -0.05) is 6.07 Å². The first-order valence-electron chi connectivity index (χ1n) is 7.63. The van der Waals surface area contributed by atoms with E-state index in [2.05, 4.69) is 5.32 Å². The molecular weight excluding hydrogens is 333 g/mol. The Kier molecular flexibility index (Phi) is 5.90. The molecule has 134 valence electrons. The molecule has 0 saturated carbocycles. The molecule has 1 amide bonds. The van der Waals surface area contributed by atoms with Crippen LogP contribution in [-0.4, -0.2) is 33.2 Å². The van der Waals surface area contributed by atoms with Crippen molar-refractivity contribution in [1.29, 1.82) is 0 Å². The van der Waals surface area contributed by atoms with Crippen molar-refractivity contribution in [3.05, 3.63) is 59.7 Å². The maximum atomic E-state index is 12.5. The molecule has 0 atom stereocenters. The summed E-state index contributed by atoms with van der Waals surface area (Å²) in [6.45, 7) is 0.399. The number of nitrogens with one attached hydrogen (secondary N) is 1. The molecule has 0 aliphatic carbocycles. The fourth-order valence-electron chi connectivity index (χ4n) is 2.10. The van der Waals surface area contributed by atoms with E-state index in [1.807, 2.05) is 25.1 Å². The van der Waals surface area contributed by atoms with E-state index in [1.54, 1.807) is 18.2 Å². The molecule has 0 aliphatic rings. The lowest BCUT2D eigenvalue weighted by atomic mass is 10.2. The Hall–Kier alpha value is -2.70.